The molecule has 17 heavy (non-hydrogen) atoms. The van der Waals surface area contributed by atoms with Crippen LogP contribution >= 0.6 is 0 Å². The molecule has 0 amide bonds. The van der Waals surface area contributed by atoms with E-state index in [0.29, 0.717) is 5.92 Å². The minimum Gasteiger partial charge on any atom is -0.388 e. The number of hydrogen-bond donors (Lipinski definition) is 1. The third-order valence-electron chi connectivity index (χ3n) is 3.96. The van der Waals surface area contributed by atoms with Gasteiger partial charge >= 0.3 is 0 Å². The lowest BCUT2D eigenvalue weighted by molar-refractivity contribution is 0.112. The second-order valence-electron chi connectivity index (χ2n) is 5.10. The lowest BCUT2D eigenvalue weighted by atomic mass is 9.93. The van der Waals surface area contributed by atoms with Gasteiger partial charge in [0.2, 0.25) is 0 Å². The third-order valence-corrected chi connectivity index (χ3v) is 3.96. The molecule has 0 radical (unpaired) electrons. The second-order valence-corrected chi connectivity index (χ2v) is 5.10. The molecular formula is C16H18O. The van der Waals surface area contributed by atoms with Crippen molar-refractivity contribution in [1.82, 2.24) is 0 Å². The van der Waals surface area contributed by atoms with Gasteiger partial charge < -0.3 is 5.11 Å². The summed E-state index contributed by atoms with van der Waals surface area (Å²) in [5, 5.41) is 12.8. The van der Waals surface area contributed by atoms with Crippen molar-refractivity contribution in [3.63, 3.8) is 0 Å². The Hall–Kier alpha value is -1.34. The first-order valence-corrected chi connectivity index (χ1v) is 6.51. The molecule has 88 valence electrons. The maximum absolute atomic E-state index is 10.4. The Morgan fingerprint density at radius 1 is 0.941 bits per heavy atom. The Morgan fingerprint density at radius 2 is 1.65 bits per heavy atom. The van der Waals surface area contributed by atoms with Gasteiger partial charge in [0.05, 0.1) is 6.10 Å². The quantitative estimate of drug-likeness (QED) is 0.818. The van der Waals surface area contributed by atoms with Crippen molar-refractivity contribution in [2.45, 2.75) is 31.8 Å². The molecule has 2 aromatic rings. The van der Waals surface area contributed by atoms with Crippen molar-refractivity contribution in [1.29, 1.82) is 0 Å². The minimum atomic E-state index is -0.276. The molecule has 2 aromatic carbocycles. The van der Waals surface area contributed by atoms with Crippen LogP contribution in [0.25, 0.3) is 10.8 Å². The normalized spacial score (nSPS) is 18.6. The molecule has 1 aliphatic carbocycles. The van der Waals surface area contributed by atoms with Crippen molar-refractivity contribution in [3.05, 3.63) is 48.0 Å². The summed E-state index contributed by atoms with van der Waals surface area (Å²) in [4.78, 5) is 0. The summed E-state index contributed by atoms with van der Waals surface area (Å²) >= 11 is 0. The third kappa shape index (κ3) is 2.07. The smallest absolute Gasteiger partial charge is 0.0818 e. The van der Waals surface area contributed by atoms with E-state index in [1.54, 1.807) is 0 Å². The highest BCUT2D eigenvalue weighted by Crippen LogP contribution is 2.36. The van der Waals surface area contributed by atoms with Crippen LogP contribution in [-0.2, 0) is 0 Å². The molecule has 0 bridgehead atoms. The number of hydrogen-bond acceptors (Lipinski definition) is 1. The van der Waals surface area contributed by atoms with Crippen LogP contribution in [0.2, 0.25) is 0 Å². The fraction of sp³-hybridized carbons (Fsp3) is 0.375. The molecule has 0 saturated heterocycles. The van der Waals surface area contributed by atoms with Crippen molar-refractivity contribution < 1.29 is 5.11 Å². The van der Waals surface area contributed by atoms with E-state index in [1.165, 1.54) is 36.5 Å². The summed E-state index contributed by atoms with van der Waals surface area (Å²) in [6.45, 7) is 0. The van der Waals surface area contributed by atoms with Gasteiger partial charge in [0, 0.05) is 0 Å². The molecule has 3 rings (SSSR count). The van der Waals surface area contributed by atoms with Crippen LogP contribution in [0.4, 0.5) is 0 Å². The van der Waals surface area contributed by atoms with E-state index >= 15 is 0 Å². The maximum atomic E-state index is 10.4. The van der Waals surface area contributed by atoms with Crippen LogP contribution < -0.4 is 0 Å². The van der Waals surface area contributed by atoms with Gasteiger partial charge in [-0.2, -0.15) is 0 Å². The van der Waals surface area contributed by atoms with Crippen LogP contribution in [-0.4, -0.2) is 5.11 Å². The van der Waals surface area contributed by atoms with Gasteiger partial charge in [-0.05, 0) is 41.2 Å². The summed E-state index contributed by atoms with van der Waals surface area (Å²) in [5.74, 6) is 0.469. The molecule has 1 saturated carbocycles. The van der Waals surface area contributed by atoms with Gasteiger partial charge in [0.15, 0.2) is 0 Å². The van der Waals surface area contributed by atoms with E-state index in [9.17, 15) is 5.11 Å². The zero-order valence-electron chi connectivity index (χ0n) is 9.97. The van der Waals surface area contributed by atoms with Gasteiger partial charge in [-0.25, -0.2) is 0 Å². The van der Waals surface area contributed by atoms with Crippen molar-refractivity contribution in [2.75, 3.05) is 0 Å². The first-order valence-electron chi connectivity index (χ1n) is 6.51. The van der Waals surface area contributed by atoms with E-state index in [4.69, 9.17) is 0 Å². The maximum Gasteiger partial charge on any atom is 0.0818 e. The highest BCUT2D eigenvalue weighted by atomic mass is 16.3. The Kier molecular flexibility index (Phi) is 2.86. The highest BCUT2D eigenvalue weighted by molar-refractivity contribution is 5.83. The number of aliphatic hydroxyl groups excluding tert-OH is 1. The van der Waals surface area contributed by atoms with Crippen molar-refractivity contribution in [3.8, 4) is 0 Å². The molecule has 1 nitrogen and oxygen atoms in total. The first-order chi connectivity index (χ1) is 8.34. The Morgan fingerprint density at radius 3 is 2.41 bits per heavy atom. The molecule has 0 aromatic heterocycles. The number of rotatable bonds is 2. The topological polar surface area (TPSA) is 20.2 Å². The van der Waals surface area contributed by atoms with Gasteiger partial charge in [-0.3, -0.25) is 0 Å². The molecule has 1 aliphatic rings. The summed E-state index contributed by atoms with van der Waals surface area (Å²) < 4.78 is 0. The SMILES string of the molecule is O[C@@H](c1ccc2ccccc2c1)C1CCCC1. The van der Waals surface area contributed by atoms with E-state index in [2.05, 4.69) is 36.4 Å². The fourth-order valence-electron chi connectivity index (χ4n) is 2.94. The van der Waals surface area contributed by atoms with E-state index in [1.807, 2.05) is 6.07 Å². The predicted molar refractivity (Wildman–Crippen MR) is 70.9 cm³/mol. The van der Waals surface area contributed by atoms with E-state index in [-0.39, 0.29) is 6.10 Å². The van der Waals surface area contributed by atoms with Gasteiger partial charge in [-0.1, -0.05) is 49.2 Å². The van der Waals surface area contributed by atoms with Crippen molar-refractivity contribution >= 4 is 10.8 Å². The molecule has 1 heteroatoms. The summed E-state index contributed by atoms with van der Waals surface area (Å²) in [7, 11) is 0. The molecule has 1 atom stereocenters. The molecule has 1 N–H and O–H groups in total. The van der Waals surface area contributed by atoms with Crippen LogP contribution in [0.3, 0.4) is 0 Å². The molecule has 0 unspecified atom stereocenters. The number of benzene rings is 2. The first kappa shape index (κ1) is 10.8. The largest absolute Gasteiger partial charge is 0.388 e. The van der Waals surface area contributed by atoms with Crippen molar-refractivity contribution in [2.24, 2.45) is 5.92 Å². The monoisotopic (exact) mass is 226 g/mol. The molecule has 0 aliphatic heterocycles. The fourth-order valence-corrected chi connectivity index (χ4v) is 2.94. The zero-order valence-corrected chi connectivity index (χ0v) is 9.97. The molecular weight excluding hydrogens is 208 g/mol. The number of aliphatic hydroxyl groups is 1. The van der Waals surface area contributed by atoms with E-state index < -0.39 is 0 Å². The Bertz CT molecular complexity index is 512. The molecule has 0 heterocycles. The van der Waals surface area contributed by atoms with Gasteiger partial charge in [0.25, 0.3) is 0 Å². The zero-order chi connectivity index (χ0) is 11.7. The predicted octanol–water partition coefficient (Wildman–Crippen LogP) is 4.06. The van der Waals surface area contributed by atoms with Crippen LogP contribution in [0.1, 0.15) is 37.4 Å². The Labute approximate surface area is 102 Å². The standard InChI is InChI=1S/C16H18O/c17-16(13-6-2-3-7-13)15-10-9-12-5-1-4-8-14(12)11-15/h1,4-5,8-11,13,16-17H,2-3,6-7H2/t16-/m1/s1. The van der Waals surface area contributed by atoms with Crippen LogP contribution in [0.15, 0.2) is 42.5 Å². The Balaban J connectivity index is 1.94. The average Bonchev–Trinajstić information content (AvgIpc) is 2.91. The van der Waals surface area contributed by atoms with Gasteiger partial charge in [0.1, 0.15) is 0 Å². The highest BCUT2D eigenvalue weighted by Gasteiger charge is 2.24. The molecule has 1 fully saturated rings. The summed E-state index contributed by atoms with van der Waals surface area (Å²) in [5.41, 5.74) is 1.08. The minimum absolute atomic E-state index is 0.276. The number of fused-ring (bicyclic) bond motifs is 1. The lowest BCUT2D eigenvalue weighted by Gasteiger charge is -2.18. The summed E-state index contributed by atoms with van der Waals surface area (Å²) in [6.07, 6.45) is 4.62. The lowest BCUT2D eigenvalue weighted by Crippen LogP contribution is -2.08. The second kappa shape index (κ2) is 4.50. The molecule has 0 spiro atoms. The van der Waals surface area contributed by atoms with Gasteiger partial charge in [-0.15, -0.1) is 0 Å². The van der Waals surface area contributed by atoms with E-state index in [0.717, 1.165) is 5.56 Å². The van der Waals surface area contributed by atoms with Crippen LogP contribution in [0, 0.1) is 5.92 Å². The summed E-state index contributed by atoms with van der Waals surface area (Å²) in [6, 6.07) is 14.7. The average molecular weight is 226 g/mol. The van der Waals surface area contributed by atoms with Crippen LogP contribution in [0.5, 0.6) is 0 Å².